The van der Waals surface area contributed by atoms with E-state index in [9.17, 15) is 22.0 Å². The van der Waals surface area contributed by atoms with Gasteiger partial charge in [-0.25, -0.2) is 13.8 Å². The van der Waals surface area contributed by atoms with E-state index in [1.54, 1.807) is 0 Å². The zero-order valence-electron chi connectivity index (χ0n) is 12.0. The van der Waals surface area contributed by atoms with Crippen LogP contribution in [0.25, 0.3) is 0 Å². The summed E-state index contributed by atoms with van der Waals surface area (Å²) in [6.07, 6.45) is -3.57. The number of alkyl halides is 3. The highest BCUT2D eigenvalue weighted by Gasteiger charge is 2.39. The molecule has 0 spiro atoms. The third-order valence-electron chi connectivity index (χ3n) is 3.66. The Morgan fingerprint density at radius 1 is 1.25 bits per heavy atom. The fourth-order valence-electron chi connectivity index (χ4n) is 2.51. The lowest BCUT2D eigenvalue weighted by molar-refractivity contribution is -0.138. The molecule has 24 heavy (non-hydrogen) atoms. The summed E-state index contributed by atoms with van der Waals surface area (Å²) in [5.74, 6) is -2.56. The Balaban J connectivity index is 2.11. The Morgan fingerprint density at radius 2 is 1.92 bits per heavy atom. The molecule has 0 saturated heterocycles. The summed E-state index contributed by atoms with van der Waals surface area (Å²) in [6, 6.07) is -0.368. The van der Waals surface area contributed by atoms with Crippen LogP contribution in [0, 0.1) is 11.6 Å². The Morgan fingerprint density at radius 3 is 2.58 bits per heavy atom. The monoisotopic (exact) mass is 365 g/mol. The average molecular weight is 366 g/mol. The molecule has 2 aromatic rings. The second-order valence-corrected chi connectivity index (χ2v) is 5.45. The number of rotatable bonds is 1. The summed E-state index contributed by atoms with van der Waals surface area (Å²) in [7, 11) is 1.46. The van der Waals surface area contributed by atoms with Crippen molar-refractivity contribution in [2.45, 2.75) is 12.2 Å². The van der Waals surface area contributed by atoms with Crippen LogP contribution in [-0.4, -0.2) is 23.6 Å². The largest absolute Gasteiger partial charge is 0.486 e. The molecule has 0 bridgehead atoms. The number of aromatic nitrogens is 2. The highest BCUT2D eigenvalue weighted by molar-refractivity contribution is 6.28. The predicted molar refractivity (Wildman–Crippen MR) is 75.0 cm³/mol. The maximum atomic E-state index is 13.5. The van der Waals surface area contributed by atoms with Gasteiger partial charge in [0.1, 0.15) is 6.61 Å². The first kappa shape index (κ1) is 16.7. The zero-order chi connectivity index (χ0) is 17.6. The minimum atomic E-state index is -4.85. The molecule has 10 heteroatoms. The van der Waals surface area contributed by atoms with E-state index in [1.807, 2.05) is 0 Å². The van der Waals surface area contributed by atoms with Crippen molar-refractivity contribution in [3.8, 4) is 5.75 Å². The number of benzene rings is 1. The molecule has 2 heterocycles. The standard InChI is InChI=1S/C14H9ClF5N3O/c1-23-10(5-24-11-4-21-13(15)22-12(11)23)6-2-8(16)9(17)3-7(6)14(18,19)20/h2-4,10H,5H2,1H3. The van der Waals surface area contributed by atoms with Gasteiger partial charge < -0.3 is 9.64 Å². The van der Waals surface area contributed by atoms with Crippen molar-refractivity contribution < 1.29 is 26.7 Å². The number of halogens is 6. The van der Waals surface area contributed by atoms with Gasteiger partial charge >= 0.3 is 6.18 Å². The maximum Gasteiger partial charge on any atom is 0.416 e. The minimum Gasteiger partial charge on any atom is -0.486 e. The molecule has 128 valence electrons. The molecular formula is C14H9ClF5N3O. The number of anilines is 1. The Labute approximate surface area is 137 Å². The molecule has 1 aliphatic rings. The van der Waals surface area contributed by atoms with Gasteiger partial charge in [0.2, 0.25) is 5.28 Å². The quantitative estimate of drug-likeness (QED) is 0.565. The van der Waals surface area contributed by atoms with Gasteiger partial charge in [-0.2, -0.15) is 18.2 Å². The summed E-state index contributed by atoms with van der Waals surface area (Å²) in [6.45, 7) is -0.220. The Bertz CT molecular complexity index is 799. The summed E-state index contributed by atoms with van der Waals surface area (Å²) in [5, 5.41) is -0.119. The van der Waals surface area contributed by atoms with Crippen LogP contribution in [-0.2, 0) is 6.18 Å². The molecule has 0 radical (unpaired) electrons. The third-order valence-corrected chi connectivity index (χ3v) is 3.84. The van der Waals surface area contributed by atoms with E-state index in [0.29, 0.717) is 6.07 Å². The first-order valence-corrected chi connectivity index (χ1v) is 7.00. The van der Waals surface area contributed by atoms with Crippen LogP contribution < -0.4 is 9.64 Å². The number of ether oxygens (including phenoxy) is 1. The molecular weight excluding hydrogens is 357 g/mol. The summed E-state index contributed by atoms with van der Waals surface area (Å²) >= 11 is 5.69. The molecule has 1 unspecified atom stereocenters. The number of nitrogens with zero attached hydrogens (tertiary/aromatic N) is 3. The molecule has 0 fully saturated rings. The summed E-state index contributed by atoms with van der Waals surface area (Å²) in [4.78, 5) is 8.98. The van der Waals surface area contributed by atoms with Gasteiger partial charge in [0, 0.05) is 7.05 Å². The van der Waals surface area contributed by atoms with E-state index in [0.717, 1.165) is 0 Å². The number of likely N-dealkylation sites (N-methyl/N-ethyl adjacent to an activating group) is 1. The zero-order valence-corrected chi connectivity index (χ0v) is 12.8. The molecule has 1 aromatic carbocycles. The normalized spacial score (nSPS) is 17.5. The third kappa shape index (κ3) is 2.83. The van der Waals surface area contributed by atoms with E-state index >= 15 is 0 Å². The van der Waals surface area contributed by atoms with Gasteiger partial charge in [-0.15, -0.1) is 0 Å². The van der Waals surface area contributed by atoms with Gasteiger partial charge in [-0.1, -0.05) is 0 Å². The number of hydrogen-bond donors (Lipinski definition) is 0. The van der Waals surface area contributed by atoms with Gasteiger partial charge in [0.25, 0.3) is 0 Å². The molecule has 0 saturated carbocycles. The van der Waals surface area contributed by atoms with Crippen molar-refractivity contribution in [3.05, 3.63) is 46.4 Å². The van der Waals surface area contributed by atoms with Crippen molar-refractivity contribution >= 4 is 17.4 Å². The van der Waals surface area contributed by atoms with Crippen LogP contribution in [0.2, 0.25) is 5.28 Å². The van der Waals surface area contributed by atoms with Crippen LogP contribution in [0.1, 0.15) is 17.2 Å². The van der Waals surface area contributed by atoms with Gasteiger partial charge in [-0.3, -0.25) is 0 Å². The van der Waals surface area contributed by atoms with E-state index in [1.165, 1.54) is 18.1 Å². The minimum absolute atomic E-state index is 0.119. The Hall–Kier alpha value is -2.16. The molecule has 0 amide bonds. The van der Waals surface area contributed by atoms with E-state index in [4.69, 9.17) is 16.3 Å². The van der Waals surface area contributed by atoms with E-state index in [-0.39, 0.29) is 29.5 Å². The molecule has 0 N–H and O–H groups in total. The topological polar surface area (TPSA) is 38.2 Å². The fraction of sp³-hybridized carbons (Fsp3) is 0.286. The molecule has 1 aliphatic heterocycles. The van der Waals surface area contributed by atoms with Crippen LogP contribution in [0.3, 0.4) is 0 Å². The second-order valence-electron chi connectivity index (χ2n) is 5.12. The lowest BCUT2D eigenvalue weighted by Crippen LogP contribution is -2.35. The van der Waals surface area contributed by atoms with Crippen LogP contribution in [0.5, 0.6) is 5.75 Å². The van der Waals surface area contributed by atoms with Crippen molar-refractivity contribution in [1.82, 2.24) is 9.97 Å². The van der Waals surface area contributed by atoms with Gasteiger partial charge in [0.15, 0.2) is 23.2 Å². The van der Waals surface area contributed by atoms with Crippen molar-refractivity contribution in [3.63, 3.8) is 0 Å². The molecule has 0 aliphatic carbocycles. The first-order chi connectivity index (χ1) is 11.2. The van der Waals surface area contributed by atoms with Crippen LogP contribution >= 0.6 is 11.6 Å². The van der Waals surface area contributed by atoms with Crippen LogP contribution in [0.4, 0.5) is 27.8 Å². The Kier molecular flexibility index (Phi) is 3.98. The molecule has 4 nitrogen and oxygen atoms in total. The predicted octanol–water partition coefficient (Wildman–Crippen LogP) is 4.00. The molecule has 1 atom stereocenters. The SMILES string of the molecule is CN1c2nc(Cl)ncc2OCC1c1cc(F)c(F)cc1C(F)(F)F. The highest BCUT2D eigenvalue weighted by Crippen LogP contribution is 2.42. The number of fused-ring (bicyclic) bond motifs is 1. The van der Waals surface area contributed by atoms with Gasteiger partial charge in [0.05, 0.1) is 17.8 Å². The average Bonchev–Trinajstić information content (AvgIpc) is 2.50. The smallest absolute Gasteiger partial charge is 0.416 e. The number of hydrogen-bond acceptors (Lipinski definition) is 4. The lowest BCUT2D eigenvalue weighted by Gasteiger charge is -2.35. The molecule has 1 aromatic heterocycles. The second kappa shape index (κ2) is 5.73. The summed E-state index contributed by atoms with van der Waals surface area (Å²) in [5.41, 5.74) is -1.73. The van der Waals surface area contributed by atoms with E-state index in [2.05, 4.69) is 9.97 Å². The van der Waals surface area contributed by atoms with Crippen molar-refractivity contribution in [2.75, 3.05) is 18.6 Å². The van der Waals surface area contributed by atoms with Crippen LogP contribution in [0.15, 0.2) is 18.3 Å². The lowest BCUT2D eigenvalue weighted by atomic mass is 9.98. The highest BCUT2D eigenvalue weighted by atomic mass is 35.5. The van der Waals surface area contributed by atoms with Crippen molar-refractivity contribution in [1.29, 1.82) is 0 Å². The van der Waals surface area contributed by atoms with Gasteiger partial charge in [-0.05, 0) is 29.3 Å². The van der Waals surface area contributed by atoms with E-state index < -0.39 is 35.0 Å². The van der Waals surface area contributed by atoms with Crippen molar-refractivity contribution in [2.24, 2.45) is 0 Å². The maximum absolute atomic E-state index is 13.5. The first-order valence-electron chi connectivity index (χ1n) is 6.63. The summed E-state index contributed by atoms with van der Waals surface area (Å²) < 4.78 is 71.8. The molecule has 3 rings (SSSR count). The fourth-order valence-corrected chi connectivity index (χ4v) is 2.63.